The zero-order valence-electron chi connectivity index (χ0n) is 12.9. The number of carbonyl (C=O) groups is 1. The van der Waals surface area contributed by atoms with Crippen LogP contribution in [0.15, 0.2) is 17.6 Å². The zero-order valence-corrected chi connectivity index (χ0v) is 16.8. The van der Waals surface area contributed by atoms with Crippen LogP contribution >= 0.6 is 57.7 Å². The van der Waals surface area contributed by atoms with E-state index in [4.69, 9.17) is 46.4 Å². The molecule has 25 heavy (non-hydrogen) atoms. The Bertz CT molecular complexity index is 737. The minimum Gasteiger partial charge on any atom is -0.346 e. The van der Waals surface area contributed by atoms with Crippen LogP contribution in [0.3, 0.4) is 0 Å². The van der Waals surface area contributed by atoms with Gasteiger partial charge >= 0.3 is 0 Å². The Hall–Kier alpha value is -0.760. The molecule has 1 amide bonds. The van der Waals surface area contributed by atoms with Crippen molar-refractivity contribution in [1.29, 1.82) is 0 Å². The molecule has 2 aromatic rings. The second-order valence-corrected chi connectivity index (χ2v) is 7.91. The normalized spacial score (nSPS) is 15.4. The number of piperazine rings is 1. The van der Waals surface area contributed by atoms with Crippen molar-refractivity contribution in [3.8, 4) is 0 Å². The standard InChI is InChI=1S/C15H14Cl4N4OS/c16-9-7-10(17)13(19)14(12(9)18)21-11(24)8-22-2-4-23(5-3-22)15-20-1-6-25-15/h1,6-7H,2-5,8H2,(H,21,24). The Morgan fingerprint density at radius 3 is 2.32 bits per heavy atom. The monoisotopic (exact) mass is 438 g/mol. The molecule has 5 nitrogen and oxygen atoms in total. The van der Waals surface area contributed by atoms with Crippen molar-refractivity contribution in [3.63, 3.8) is 0 Å². The number of nitrogens with zero attached hydrogens (tertiary/aromatic N) is 3. The first kappa shape index (κ1) is 19.0. The molecule has 0 aliphatic carbocycles. The van der Waals surface area contributed by atoms with Crippen LogP contribution in [0.2, 0.25) is 20.1 Å². The van der Waals surface area contributed by atoms with E-state index in [-0.39, 0.29) is 38.2 Å². The first-order valence-corrected chi connectivity index (χ1v) is 9.84. The van der Waals surface area contributed by atoms with Gasteiger partial charge < -0.3 is 10.2 Å². The molecule has 0 unspecified atom stereocenters. The number of nitrogens with one attached hydrogen (secondary N) is 1. The molecule has 0 spiro atoms. The van der Waals surface area contributed by atoms with Crippen molar-refractivity contribution in [3.05, 3.63) is 37.7 Å². The average molecular weight is 440 g/mol. The number of halogens is 4. The van der Waals surface area contributed by atoms with E-state index in [1.165, 1.54) is 6.07 Å². The van der Waals surface area contributed by atoms with Gasteiger partial charge in [0.1, 0.15) is 0 Å². The summed E-state index contributed by atoms with van der Waals surface area (Å²) in [5.41, 5.74) is 0.243. The molecule has 1 aliphatic heterocycles. The number of hydrogen-bond acceptors (Lipinski definition) is 5. The van der Waals surface area contributed by atoms with E-state index in [1.54, 1.807) is 17.5 Å². The molecule has 1 saturated heterocycles. The number of anilines is 2. The van der Waals surface area contributed by atoms with Gasteiger partial charge in [0, 0.05) is 37.8 Å². The lowest BCUT2D eigenvalue weighted by molar-refractivity contribution is -0.117. The lowest BCUT2D eigenvalue weighted by atomic mass is 10.3. The number of amides is 1. The highest BCUT2D eigenvalue weighted by Gasteiger charge is 2.22. The summed E-state index contributed by atoms with van der Waals surface area (Å²) in [4.78, 5) is 20.9. The number of aromatic nitrogens is 1. The van der Waals surface area contributed by atoms with E-state index in [0.29, 0.717) is 0 Å². The smallest absolute Gasteiger partial charge is 0.238 e. The minimum atomic E-state index is -0.218. The molecule has 1 fully saturated rings. The van der Waals surface area contributed by atoms with E-state index in [0.717, 1.165) is 31.3 Å². The van der Waals surface area contributed by atoms with Crippen molar-refractivity contribution in [1.82, 2.24) is 9.88 Å². The number of thiazole rings is 1. The van der Waals surface area contributed by atoms with Gasteiger partial charge in [-0.05, 0) is 6.07 Å². The molecule has 0 radical (unpaired) electrons. The number of hydrogen-bond donors (Lipinski definition) is 1. The van der Waals surface area contributed by atoms with Gasteiger partial charge in [0.2, 0.25) is 5.91 Å². The number of rotatable bonds is 4. The molecule has 2 heterocycles. The average Bonchev–Trinajstić information content (AvgIpc) is 3.12. The van der Waals surface area contributed by atoms with E-state index in [9.17, 15) is 4.79 Å². The van der Waals surface area contributed by atoms with Gasteiger partial charge in [0.15, 0.2) is 5.13 Å². The summed E-state index contributed by atoms with van der Waals surface area (Å²) in [6.07, 6.45) is 1.80. The molecule has 1 N–H and O–H groups in total. The van der Waals surface area contributed by atoms with Crippen LogP contribution < -0.4 is 10.2 Å². The molecule has 3 rings (SSSR count). The van der Waals surface area contributed by atoms with Crippen LogP contribution in [0.1, 0.15) is 0 Å². The first-order valence-electron chi connectivity index (χ1n) is 7.45. The maximum Gasteiger partial charge on any atom is 0.238 e. The largest absolute Gasteiger partial charge is 0.346 e. The maximum atomic E-state index is 12.3. The molecule has 1 aromatic carbocycles. The third-order valence-electron chi connectivity index (χ3n) is 3.81. The maximum absolute atomic E-state index is 12.3. The number of carbonyl (C=O) groups excluding carboxylic acids is 1. The molecule has 0 atom stereocenters. The molecule has 0 saturated carbocycles. The lowest BCUT2D eigenvalue weighted by Gasteiger charge is -2.34. The van der Waals surface area contributed by atoms with Crippen molar-refractivity contribution < 1.29 is 4.79 Å². The Morgan fingerprint density at radius 1 is 1.12 bits per heavy atom. The van der Waals surface area contributed by atoms with Crippen LogP contribution in [0.4, 0.5) is 10.8 Å². The Kier molecular flexibility index (Phi) is 6.30. The molecule has 0 bridgehead atoms. The third kappa shape index (κ3) is 4.51. The Morgan fingerprint density at radius 2 is 1.76 bits per heavy atom. The van der Waals surface area contributed by atoms with Gasteiger partial charge in [-0.2, -0.15) is 0 Å². The van der Waals surface area contributed by atoms with Crippen molar-refractivity contribution in [2.75, 3.05) is 42.9 Å². The second-order valence-electron chi connectivity index (χ2n) is 5.47. The fraction of sp³-hybridized carbons (Fsp3) is 0.333. The van der Waals surface area contributed by atoms with Crippen LogP contribution in [0.5, 0.6) is 0 Å². The van der Waals surface area contributed by atoms with E-state index >= 15 is 0 Å². The summed E-state index contributed by atoms with van der Waals surface area (Å²) in [6, 6.07) is 1.45. The minimum absolute atomic E-state index is 0.179. The highest BCUT2D eigenvalue weighted by molar-refractivity contribution is 7.13. The van der Waals surface area contributed by atoms with E-state index in [2.05, 4.69) is 20.1 Å². The predicted molar refractivity (Wildman–Crippen MR) is 106 cm³/mol. The lowest BCUT2D eigenvalue weighted by Crippen LogP contribution is -2.48. The summed E-state index contributed by atoms with van der Waals surface area (Å²) in [7, 11) is 0. The van der Waals surface area contributed by atoms with Crippen LogP contribution in [-0.4, -0.2) is 48.5 Å². The summed E-state index contributed by atoms with van der Waals surface area (Å²) in [5, 5.41) is 6.51. The quantitative estimate of drug-likeness (QED) is 0.711. The van der Waals surface area contributed by atoms with Crippen molar-refractivity contribution >= 4 is 74.5 Å². The Labute approximate surface area is 169 Å². The zero-order chi connectivity index (χ0) is 18.0. The van der Waals surface area contributed by atoms with Crippen LogP contribution in [-0.2, 0) is 4.79 Å². The van der Waals surface area contributed by atoms with Crippen LogP contribution in [0, 0.1) is 0 Å². The molecule has 10 heteroatoms. The second kappa shape index (κ2) is 8.29. The first-order chi connectivity index (χ1) is 12.0. The SMILES string of the molecule is O=C(CN1CCN(c2nccs2)CC1)Nc1c(Cl)c(Cl)cc(Cl)c1Cl. The summed E-state index contributed by atoms with van der Waals surface area (Å²) in [6.45, 7) is 3.43. The molecular weight excluding hydrogens is 426 g/mol. The van der Waals surface area contributed by atoms with Crippen molar-refractivity contribution in [2.45, 2.75) is 0 Å². The third-order valence-corrected chi connectivity index (χ3v) is 6.21. The van der Waals surface area contributed by atoms with E-state index in [1.807, 2.05) is 5.38 Å². The molecule has 1 aliphatic rings. The molecule has 134 valence electrons. The van der Waals surface area contributed by atoms with Gasteiger partial charge in [-0.3, -0.25) is 9.69 Å². The highest BCUT2D eigenvalue weighted by atomic mass is 35.5. The van der Waals surface area contributed by atoms with Gasteiger partial charge in [0.25, 0.3) is 0 Å². The van der Waals surface area contributed by atoms with Gasteiger partial charge in [-0.1, -0.05) is 46.4 Å². The molecule has 1 aromatic heterocycles. The summed E-state index contributed by atoms with van der Waals surface area (Å²) in [5.74, 6) is -0.218. The highest BCUT2D eigenvalue weighted by Crippen LogP contribution is 2.40. The topological polar surface area (TPSA) is 48.5 Å². The van der Waals surface area contributed by atoms with Crippen molar-refractivity contribution in [2.24, 2.45) is 0 Å². The van der Waals surface area contributed by atoms with Gasteiger partial charge in [-0.15, -0.1) is 11.3 Å². The summed E-state index contributed by atoms with van der Waals surface area (Å²) >= 11 is 25.8. The number of benzene rings is 1. The van der Waals surface area contributed by atoms with E-state index < -0.39 is 0 Å². The molecular formula is C15H14Cl4N4OS. The fourth-order valence-electron chi connectivity index (χ4n) is 2.53. The summed E-state index contributed by atoms with van der Waals surface area (Å²) < 4.78 is 0. The van der Waals surface area contributed by atoms with Gasteiger partial charge in [-0.25, -0.2) is 4.98 Å². The van der Waals surface area contributed by atoms with Crippen LogP contribution in [0.25, 0.3) is 0 Å². The Balaban J connectivity index is 1.57. The fourth-order valence-corrected chi connectivity index (χ4v) is 4.14. The van der Waals surface area contributed by atoms with Gasteiger partial charge in [0.05, 0.1) is 32.3 Å². The predicted octanol–water partition coefficient (Wildman–Crippen LogP) is 4.52.